The first kappa shape index (κ1) is 11.7. The standard InChI is InChI=1S/C10H17N4O/c1-10(2,7-13(3)4)14-6-5-12-9(14)8(11)15/h6H,7H2,1-4H3,(H2,11,15). The van der Waals surface area contributed by atoms with E-state index in [0.717, 1.165) is 6.54 Å². The zero-order valence-electron chi connectivity index (χ0n) is 9.61. The van der Waals surface area contributed by atoms with E-state index in [1.165, 1.54) is 0 Å². The second-order valence-corrected chi connectivity index (χ2v) is 4.48. The van der Waals surface area contributed by atoms with Crippen LogP contribution in [-0.2, 0) is 5.54 Å². The van der Waals surface area contributed by atoms with Gasteiger partial charge in [-0.15, -0.1) is 0 Å². The number of hydrogen-bond acceptors (Lipinski definition) is 3. The maximum Gasteiger partial charge on any atom is 0.284 e. The van der Waals surface area contributed by atoms with E-state index in [-0.39, 0.29) is 11.4 Å². The highest BCUT2D eigenvalue weighted by atomic mass is 16.1. The van der Waals surface area contributed by atoms with Crippen molar-refractivity contribution in [3.63, 3.8) is 0 Å². The first-order valence-electron chi connectivity index (χ1n) is 4.75. The molecule has 0 bridgehead atoms. The van der Waals surface area contributed by atoms with E-state index < -0.39 is 5.91 Å². The van der Waals surface area contributed by atoms with Gasteiger partial charge in [0, 0.05) is 12.7 Å². The Hall–Kier alpha value is -1.36. The fraction of sp³-hybridized carbons (Fsp3) is 0.600. The van der Waals surface area contributed by atoms with E-state index >= 15 is 0 Å². The van der Waals surface area contributed by atoms with Crippen molar-refractivity contribution in [1.29, 1.82) is 0 Å². The van der Waals surface area contributed by atoms with Crippen molar-refractivity contribution in [3.8, 4) is 0 Å². The number of carbonyl (C=O) groups is 1. The molecule has 1 rings (SSSR count). The Morgan fingerprint density at radius 3 is 2.73 bits per heavy atom. The van der Waals surface area contributed by atoms with Crippen molar-refractivity contribution in [3.05, 3.63) is 18.2 Å². The molecule has 0 aliphatic rings. The summed E-state index contributed by atoms with van der Waals surface area (Å²) in [5.74, 6) is -0.273. The van der Waals surface area contributed by atoms with Crippen molar-refractivity contribution in [2.45, 2.75) is 19.4 Å². The summed E-state index contributed by atoms with van der Waals surface area (Å²) in [5.41, 5.74) is 5.00. The molecule has 15 heavy (non-hydrogen) atoms. The van der Waals surface area contributed by atoms with Crippen molar-refractivity contribution in [1.82, 2.24) is 14.5 Å². The maximum absolute atomic E-state index is 11.1. The Bertz CT molecular complexity index is 354. The first-order chi connectivity index (χ1) is 6.84. The van der Waals surface area contributed by atoms with Crippen LogP contribution in [0.5, 0.6) is 0 Å². The fourth-order valence-electron chi connectivity index (χ4n) is 1.75. The van der Waals surface area contributed by atoms with E-state index in [1.54, 1.807) is 10.8 Å². The van der Waals surface area contributed by atoms with Gasteiger partial charge in [0.15, 0.2) is 5.82 Å². The zero-order valence-corrected chi connectivity index (χ0v) is 9.61. The lowest BCUT2D eigenvalue weighted by atomic mass is 10.0. The topological polar surface area (TPSA) is 64.2 Å². The lowest BCUT2D eigenvalue weighted by Crippen LogP contribution is -2.39. The van der Waals surface area contributed by atoms with Crippen LogP contribution in [0, 0.1) is 6.20 Å². The third-order valence-corrected chi connectivity index (χ3v) is 2.16. The first-order valence-corrected chi connectivity index (χ1v) is 4.75. The maximum atomic E-state index is 11.1. The van der Waals surface area contributed by atoms with Crippen LogP contribution in [0.25, 0.3) is 0 Å². The number of amides is 1. The summed E-state index contributed by atoms with van der Waals surface area (Å²) in [5, 5.41) is 0. The molecule has 0 aliphatic carbocycles. The average Bonchev–Trinajstić information content (AvgIpc) is 2.48. The van der Waals surface area contributed by atoms with Crippen LogP contribution < -0.4 is 5.73 Å². The fourth-order valence-corrected chi connectivity index (χ4v) is 1.75. The molecule has 0 spiro atoms. The molecule has 0 aromatic carbocycles. The zero-order chi connectivity index (χ0) is 11.6. The van der Waals surface area contributed by atoms with Crippen molar-refractivity contribution >= 4 is 5.91 Å². The summed E-state index contributed by atoms with van der Waals surface area (Å²) in [7, 11) is 3.96. The molecule has 0 atom stereocenters. The molecule has 1 radical (unpaired) electrons. The summed E-state index contributed by atoms with van der Waals surface area (Å²) in [6.45, 7) is 4.83. The molecule has 1 aromatic heterocycles. The molecule has 1 heterocycles. The summed E-state index contributed by atoms with van der Waals surface area (Å²) < 4.78 is 1.76. The molecule has 0 unspecified atom stereocenters. The van der Waals surface area contributed by atoms with Gasteiger partial charge < -0.3 is 15.2 Å². The average molecular weight is 209 g/mol. The molecule has 5 heteroatoms. The quantitative estimate of drug-likeness (QED) is 0.763. The normalized spacial score (nSPS) is 12.1. The Morgan fingerprint density at radius 2 is 2.27 bits per heavy atom. The number of nitrogens with two attached hydrogens (primary N) is 1. The molecule has 5 nitrogen and oxygen atoms in total. The van der Waals surface area contributed by atoms with Crippen LogP contribution >= 0.6 is 0 Å². The van der Waals surface area contributed by atoms with Gasteiger partial charge in [0.1, 0.15) is 6.20 Å². The minimum Gasteiger partial charge on any atom is -0.363 e. The largest absolute Gasteiger partial charge is 0.363 e. The molecule has 1 aromatic rings. The Labute approximate surface area is 89.9 Å². The predicted octanol–water partition coefficient (Wildman–Crippen LogP) is 0.0789. The van der Waals surface area contributed by atoms with Gasteiger partial charge in [-0.3, -0.25) is 4.79 Å². The number of nitrogens with zero attached hydrogens (tertiary/aromatic N) is 3. The number of hydrogen-bond donors (Lipinski definition) is 1. The highest BCUT2D eigenvalue weighted by molar-refractivity contribution is 5.89. The monoisotopic (exact) mass is 209 g/mol. The van der Waals surface area contributed by atoms with Crippen molar-refractivity contribution in [2.24, 2.45) is 5.73 Å². The molecular weight excluding hydrogens is 192 g/mol. The van der Waals surface area contributed by atoms with E-state index in [9.17, 15) is 4.79 Å². The van der Waals surface area contributed by atoms with Crippen molar-refractivity contribution < 1.29 is 4.79 Å². The number of primary amides is 1. The highest BCUT2D eigenvalue weighted by Crippen LogP contribution is 2.17. The van der Waals surface area contributed by atoms with Crippen LogP contribution in [0.1, 0.15) is 24.5 Å². The summed E-state index contributed by atoms with van der Waals surface area (Å²) >= 11 is 0. The van der Waals surface area contributed by atoms with Crippen LogP contribution in [-0.4, -0.2) is 41.0 Å². The predicted molar refractivity (Wildman–Crippen MR) is 57.5 cm³/mol. The van der Waals surface area contributed by atoms with Crippen LogP contribution in [0.15, 0.2) is 6.20 Å². The minimum atomic E-state index is -0.525. The highest BCUT2D eigenvalue weighted by Gasteiger charge is 2.25. The van der Waals surface area contributed by atoms with Gasteiger partial charge >= 0.3 is 0 Å². The Balaban J connectivity index is 3.03. The summed E-state index contributed by atoms with van der Waals surface area (Å²) in [4.78, 5) is 17.0. The molecule has 1 amide bonds. The summed E-state index contributed by atoms with van der Waals surface area (Å²) in [6.07, 6.45) is 4.31. The van der Waals surface area contributed by atoms with Gasteiger partial charge in [-0.25, -0.2) is 4.98 Å². The second-order valence-electron chi connectivity index (χ2n) is 4.48. The van der Waals surface area contributed by atoms with Gasteiger partial charge in [-0.05, 0) is 27.9 Å². The van der Waals surface area contributed by atoms with Gasteiger partial charge in [0.05, 0.1) is 5.54 Å². The second kappa shape index (κ2) is 4.02. The number of rotatable bonds is 4. The van der Waals surface area contributed by atoms with E-state index in [2.05, 4.69) is 11.2 Å². The molecule has 0 saturated heterocycles. The molecular formula is C10H17N4O. The van der Waals surface area contributed by atoms with E-state index in [1.807, 2.05) is 32.8 Å². The van der Waals surface area contributed by atoms with E-state index in [4.69, 9.17) is 5.73 Å². The SMILES string of the molecule is CN(C)CC(C)(C)n1c[c]nc1C(N)=O. The van der Waals surface area contributed by atoms with Gasteiger partial charge in [0.2, 0.25) is 0 Å². The lowest BCUT2D eigenvalue weighted by Gasteiger charge is -2.30. The van der Waals surface area contributed by atoms with Gasteiger partial charge in [-0.1, -0.05) is 0 Å². The van der Waals surface area contributed by atoms with Crippen LogP contribution in [0.4, 0.5) is 0 Å². The van der Waals surface area contributed by atoms with Crippen LogP contribution in [0.2, 0.25) is 0 Å². The number of imidazole rings is 1. The molecule has 83 valence electrons. The van der Waals surface area contributed by atoms with Crippen molar-refractivity contribution in [2.75, 3.05) is 20.6 Å². The van der Waals surface area contributed by atoms with E-state index in [0.29, 0.717) is 0 Å². The third-order valence-electron chi connectivity index (χ3n) is 2.16. The Kier molecular flexibility index (Phi) is 3.14. The molecule has 0 aliphatic heterocycles. The number of aromatic nitrogens is 2. The smallest absolute Gasteiger partial charge is 0.284 e. The van der Waals surface area contributed by atoms with Gasteiger partial charge in [-0.2, -0.15) is 0 Å². The third kappa shape index (κ3) is 2.56. The number of likely N-dealkylation sites (N-methyl/N-ethyl adjacent to an activating group) is 1. The molecule has 0 fully saturated rings. The molecule has 0 saturated carbocycles. The number of carbonyl (C=O) groups excluding carboxylic acids is 1. The summed E-state index contributed by atoms with van der Waals surface area (Å²) in [6, 6.07) is 0. The molecule has 2 N–H and O–H groups in total. The van der Waals surface area contributed by atoms with Crippen LogP contribution in [0.3, 0.4) is 0 Å². The Morgan fingerprint density at radius 1 is 1.67 bits per heavy atom. The van der Waals surface area contributed by atoms with Gasteiger partial charge in [0.25, 0.3) is 5.91 Å². The minimum absolute atomic E-state index is 0.235. The lowest BCUT2D eigenvalue weighted by molar-refractivity contribution is 0.0975.